The lowest BCUT2D eigenvalue weighted by Gasteiger charge is -2.24. The van der Waals surface area contributed by atoms with Gasteiger partial charge in [0.2, 0.25) is 0 Å². The number of para-hydroxylation sites is 1. The molecule has 0 bridgehead atoms. The Morgan fingerprint density at radius 2 is 2.05 bits per heavy atom. The van der Waals surface area contributed by atoms with Crippen LogP contribution >= 0.6 is 0 Å². The third-order valence-electron chi connectivity index (χ3n) is 3.38. The van der Waals surface area contributed by atoms with Crippen LogP contribution in [0.15, 0.2) is 36.9 Å². The minimum atomic E-state index is -0.105. The zero-order valence-corrected chi connectivity index (χ0v) is 11.2. The zero-order valence-electron chi connectivity index (χ0n) is 11.2. The number of rotatable bonds is 5. The summed E-state index contributed by atoms with van der Waals surface area (Å²) in [6.07, 6.45) is 7.82. The van der Waals surface area contributed by atoms with Crippen LogP contribution in [0.3, 0.4) is 0 Å². The van der Waals surface area contributed by atoms with Gasteiger partial charge in [0, 0.05) is 6.54 Å². The summed E-state index contributed by atoms with van der Waals surface area (Å²) in [5.74, 6) is 0.585. The molecule has 0 spiro atoms. The van der Waals surface area contributed by atoms with Crippen LogP contribution in [0, 0.1) is 0 Å². The predicted octanol–water partition coefficient (Wildman–Crippen LogP) is 3.31. The average Bonchev–Trinajstić information content (AvgIpc) is 2.46. The molecule has 1 fully saturated rings. The Bertz CT molecular complexity index is 436. The number of amides is 1. The maximum absolute atomic E-state index is 12.0. The van der Waals surface area contributed by atoms with Gasteiger partial charge in [0.05, 0.1) is 11.7 Å². The van der Waals surface area contributed by atoms with E-state index in [0.717, 1.165) is 12.8 Å². The van der Waals surface area contributed by atoms with Crippen LogP contribution in [-0.4, -0.2) is 18.6 Å². The number of ether oxygens (including phenoxy) is 1. The first kappa shape index (κ1) is 13.7. The van der Waals surface area contributed by atoms with Gasteiger partial charge in [0.15, 0.2) is 0 Å². The number of hydrogen-bond acceptors (Lipinski definition) is 2. The topological polar surface area (TPSA) is 38.3 Å². The molecule has 1 aromatic rings. The quantitative estimate of drug-likeness (QED) is 0.824. The van der Waals surface area contributed by atoms with E-state index in [1.165, 1.54) is 19.3 Å². The van der Waals surface area contributed by atoms with Gasteiger partial charge in [-0.25, -0.2) is 0 Å². The molecule has 2 rings (SSSR count). The Hall–Kier alpha value is -1.77. The second kappa shape index (κ2) is 6.98. The van der Waals surface area contributed by atoms with E-state index in [9.17, 15) is 4.79 Å². The van der Waals surface area contributed by atoms with Gasteiger partial charge in [-0.15, -0.1) is 6.58 Å². The van der Waals surface area contributed by atoms with Gasteiger partial charge in [0.25, 0.3) is 5.91 Å². The first-order valence-corrected chi connectivity index (χ1v) is 6.96. The molecule has 1 amide bonds. The second-order valence-corrected chi connectivity index (χ2v) is 4.87. The molecule has 0 saturated heterocycles. The Balaban J connectivity index is 2.06. The fraction of sp³-hybridized carbons (Fsp3) is 0.438. The summed E-state index contributed by atoms with van der Waals surface area (Å²) in [6, 6.07) is 7.44. The molecule has 1 aliphatic rings. The molecule has 3 heteroatoms. The second-order valence-electron chi connectivity index (χ2n) is 4.87. The maximum atomic E-state index is 12.0. The van der Waals surface area contributed by atoms with Gasteiger partial charge in [-0.3, -0.25) is 4.79 Å². The summed E-state index contributed by atoms with van der Waals surface area (Å²) >= 11 is 0. The lowest BCUT2D eigenvalue weighted by Crippen LogP contribution is -2.26. The summed E-state index contributed by atoms with van der Waals surface area (Å²) in [4.78, 5) is 12.0. The fourth-order valence-corrected chi connectivity index (χ4v) is 2.38. The Kier molecular flexibility index (Phi) is 5.01. The van der Waals surface area contributed by atoms with E-state index in [4.69, 9.17) is 4.74 Å². The summed E-state index contributed by atoms with van der Waals surface area (Å²) in [5.41, 5.74) is 0.606. The SMILES string of the molecule is C=CCNC(=O)c1ccccc1OC1CCCCC1. The van der Waals surface area contributed by atoms with Crippen molar-refractivity contribution in [1.29, 1.82) is 0 Å². The third-order valence-corrected chi connectivity index (χ3v) is 3.38. The van der Waals surface area contributed by atoms with Crippen LogP contribution < -0.4 is 10.1 Å². The van der Waals surface area contributed by atoms with Crippen molar-refractivity contribution in [3.63, 3.8) is 0 Å². The van der Waals surface area contributed by atoms with E-state index < -0.39 is 0 Å². The van der Waals surface area contributed by atoms with E-state index in [-0.39, 0.29) is 12.0 Å². The summed E-state index contributed by atoms with van der Waals surface area (Å²) in [7, 11) is 0. The summed E-state index contributed by atoms with van der Waals surface area (Å²) < 4.78 is 6.00. The van der Waals surface area contributed by atoms with Crippen LogP contribution in [0.1, 0.15) is 42.5 Å². The Morgan fingerprint density at radius 1 is 1.32 bits per heavy atom. The van der Waals surface area contributed by atoms with Gasteiger partial charge < -0.3 is 10.1 Å². The van der Waals surface area contributed by atoms with Crippen molar-refractivity contribution in [2.24, 2.45) is 0 Å². The highest BCUT2D eigenvalue weighted by atomic mass is 16.5. The summed E-state index contributed by atoms with van der Waals surface area (Å²) in [5, 5.41) is 2.79. The van der Waals surface area contributed by atoms with Crippen molar-refractivity contribution >= 4 is 5.91 Å². The van der Waals surface area contributed by atoms with Gasteiger partial charge in [-0.2, -0.15) is 0 Å². The average molecular weight is 259 g/mol. The van der Waals surface area contributed by atoms with Crippen molar-refractivity contribution in [3.8, 4) is 5.75 Å². The van der Waals surface area contributed by atoms with E-state index in [1.807, 2.05) is 18.2 Å². The number of benzene rings is 1. The van der Waals surface area contributed by atoms with E-state index in [0.29, 0.717) is 17.9 Å². The molecular formula is C16H21NO2. The van der Waals surface area contributed by atoms with Crippen LogP contribution in [-0.2, 0) is 0 Å². The molecule has 1 aliphatic carbocycles. The van der Waals surface area contributed by atoms with Gasteiger partial charge in [-0.05, 0) is 37.8 Å². The molecule has 3 nitrogen and oxygen atoms in total. The first-order chi connectivity index (χ1) is 9.31. The summed E-state index contributed by atoms with van der Waals surface area (Å²) in [6.45, 7) is 4.07. The zero-order chi connectivity index (χ0) is 13.5. The van der Waals surface area contributed by atoms with Crippen molar-refractivity contribution in [1.82, 2.24) is 5.32 Å². The van der Waals surface area contributed by atoms with Crippen molar-refractivity contribution in [2.75, 3.05) is 6.54 Å². The molecule has 0 atom stereocenters. The molecular weight excluding hydrogens is 238 g/mol. The highest BCUT2D eigenvalue weighted by molar-refractivity contribution is 5.96. The normalized spacial score (nSPS) is 15.8. The Labute approximate surface area is 114 Å². The molecule has 1 N–H and O–H groups in total. The highest BCUT2D eigenvalue weighted by Crippen LogP contribution is 2.25. The number of carbonyl (C=O) groups is 1. The lowest BCUT2D eigenvalue weighted by atomic mass is 9.97. The molecule has 102 valence electrons. The fourth-order valence-electron chi connectivity index (χ4n) is 2.38. The van der Waals surface area contributed by atoms with Gasteiger partial charge in [-0.1, -0.05) is 24.6 Å². The molecule has 0 heterocycles. The minimum Gasteiger partial charge on any atom is -0.490 e. The number of carbonyl (C=O) groups excluding carboxylic acids is 1. The monoisotopic (exact) mass is 259 g/mol. The number of hydrogen-bond donors (Lipinski definition) is 1. The van der Waals surface area contributed by atoms with Crippen LogP contribution in [0.4, 0.5) is 0 Å². The van der Waals surface area contributed by atoms with Crippen LogP contribution in [0.2, 0.25) is 0 Å². The molecule has 1 aromatic carbocycles. The molecule has 1 saturated carbocycles. The van der Waals surface area contributed by atoms with Gasteiger partial charge in [0.1, 0.15) is 5.75 Å². The largest absolute Gasteiger partial charge is 0.490 e. The molecule has 0 unspecified atom stereocenters. The standard InChI is InChI=1S/C16H21NO2/c1-2-12-17-16(18)14-10-6-7-11-15(14)19-13-8-4-3-5-9-13/h2,6-7,10-11,13H,1,3-5,8-9,12H2,(H,17,18). The third kappa shape index (κ3) is 3.85. The minimum absolute atomic E-state index is 0.105. The smallest absolute Gasteiger partial charge is 0.255 e. The Morgan fingerprint density at radius 3 is 2.79 bits per heavy atom. The van der Waals surface area contributed by atoms with E-state index in [1.54, 1.807) is 12.1 Å². The van der Waals surface area contributed by atoms with E-state index in [2.05, 4.69) is 11.9 Å². The molecule has 0 radical (unpaired) electrons. The highest BCUT2D eigenvalue weighted by Gasteiger charge is 2.18. The van der Waals surface area contributed by atoms with E-state index >= 15 is 0 Å². The van der Waals surface area contributed by atoms with Crippen molar-refractivity contribution < 1.29 is 9.53 Å². The maximum Gasteiger partial charge on any atom is 0.255 e. The lowest BCUT2D eigenvalue weighted by molar-refractivity contribution is 0.0946. The first-order valence-electron chi connectivity index (χ1n) is 6.96. The molecule has 19 heavy (non-hydrogen) atoms. The molecule has 0 aliphatic heterocycles. The predicted molar refractivity (Wildman–Crippen MR) is 76.5 cm³/mol. The van der Waals surface area contributed by atoms with Gasteiger partial charge >= 0.3 is 0 Å². The number of nitrogens with one attached hydrogen (secondary N) is 1. The van der Waals surface area contributed by atoms with Crippen LogP contribution in [0.25, 0.3) is 0 Å². The van der Waals surface area contributed by atoms with Crippen molar-refractivity contribution in [2.45, 2.75) is 38.2 Å². The van der Waals surface area contributed by atoms with Crippen LogP contribution in [0.5, 0.6) is 5.75 Å². The van der Waals surface area contributed by atoms with Crippen molar-refractivity contribution in [3.05, 3.63) is 42.5 Å². The molecule has 0 aromatic heterocycles.